The maximum atomic E-state index is 12.3. The van der Waals surface area contributed by atoms with Gasteiger partial charge in [0.05, 0.1) is 0 Å². The summed E-state index contributed by atoms with van der Waals surface area (Å²) in [5, 5.41) is 0.736. The number of fused-ring (bicyclic) bond motifs is 1. The van der Waals surface area contributed by atoms with Crippen molar-refractivity contribution in [1.29, 1.82) is 0 Å². The minimum Gasteiger partial charge on any atom is -0.490 e. The van der Waals surface area contributed by atoms with Gasteiger partial charge in [-0.1, -0.05) is 0 Å². The van der Waals surface area contributed by atoms with E-state index in [1.54, 1.807) is 36.4 Å². The van der Waals surface area contributed by atoms with Gasteiger partial charge in [-0.25, -0.2) is 0 Å². The zero-order valence-electron chi connectivity index (χ0n) is 15.8. The van der Waals surface area contributed by atoms with Crippen LogP contribution in [-0.2, 0) is 0 Å². The molecule has 30 heavy (non-hydrogen) atoms. The molecule has 0 aliphatic carbocycles. The summed E-state index contributed by atoms with van der Waals surface area (Å²) in [4.78, 5) is 13.3. The monoisotopic (exact) mass is 420 g/mol. The first-order valence-corrected chi connectivity index (χ1v) is 9.38. The van der Waals surface area contributed by atoms with Crippen LogP contribution in [0.5, 0.6) is 11.5 Å². The third-order valence-corrected chi connectivity index (χ3v) is 4.91. The molecular weight excluding hydrogens is 401 g/mol. The van der Waals surface area contributed by atoms with E-state index in [9.17, 15) is 18.0 Å². The second kappa shape index (κ2) is 7.81. The molecule has 0 unspecified atom stereocenters. The molecule has 1 aliphatic heterocycles. The van der Waals surface area contributed by atoms with Gasteiger partial charge in [0.1, 0.15) is 23.2 Å². The van der Waals surface area contributed by atoms with Gasteiger partial charge in [0.2, 0.25) is 0 Å². The van der Waals surface area contributed by atoms with E-state index in [2.05, 4.69) is 9.64 Å². The quantitative estimate of drug-likeness (QED) is 0.659. The topological polar surface area (TPSA) is 77.9 Å². The standard InChI is InChI=1S/C21H19F3N2O4/c22-21(23,24)30-16-3-1-14(2-4-16)26-9-7-15(8-10-26)28-17-5-6-18-13(11-17)12-19(29-18)20(25)27/h1-6,11-12,15H,7-10H2,(H2,25,27). The number of nitrogens with zero attached hydrogens (tertiary/aromatic N) is 1. The third kappa shape index (κ3) is 4.61. The highest BCUT2D eigenvalue weighted by Gasteiger charge is 2.31. The van der Waals surface area contributed by atoms with Crippen LogP contribution < -0.4 is 20.1 Å². The molecule has 1 fully saturated rings. The van der Waals surface area contributed by atoms with Gasteiger partial charge < -0.3 is 24.5 Å². The fraction of sp³-hybridized carbons (Fsp3) is 0.286. The first kappa shape index (κ1) is 19.9. The summed E-state index contributed by atoms with van der Waals surface area (Å²) in [6, 6.07) is 12.8. The van der Waals surface area contributed by atoms with Gasteiger partial charge in [0, 0.05) is 37.0 Å². The van der Waals surface area contributed by atoms with Crippen LogP contribution in [0.1, 0.15) is 23.4 Å². The molecule has 158 valence electrons. The van der Waals surface area contributed by atoms with Gasteiger partial charge in [-0.2, -0.15) is 0 Å². The smallest absolute Gasteiger partial charge is 0.490 e. The maximum Gasteiger partial charge on any atom is 0.573 e. The average Bonchev–Trinajstić information content (AvgIpc) is 3.12. The predicted molar refractivity (Wildman–Crippen MR) is 104 cm³/mol. The molecule has 2 N–H and O–H groups in total. The molecule has 0 radical (unpaired) electrons. The summed E-state index contributed by atoms with van der Waals surface area (Å²) >= 11 is 0. The lowest BCUT2D eigenvalue weighted by molar-refractivity contribution is -0.274. The van der Waals surface area contributed by atoms with Crippen molar-refractivity contribution in [2.45, 2.75) is 25.3 Å². The lowest BCUT2D eigenvalue weighted by Gasteiger charge is -2.33. The van der Waals surface area contributed by atoms with Crippen LogP contribution in [0.2, 0.25) is 0 Å². The summed E-state index contributed by atoms with van der Waals surface area (Å²) in [6.45, 7) is 1.42. The SMILES string of the molecule is NC(=O)c1cc2cc(OC3CCN(c4ccc(OC(F)(F)F)cc4)CC3)ccc2o1. The Kier molecular flexibility index (Phi) is 5.19. The number of nitrogens with two attached hydrogens (primary N) is 1. The number of piperidine rings is 1. The van der Waals surface area contributed by atoms with Crippen LogP contribution in [0.4, 0.5) is 18.9 Å². The number of halogens is 3. The molecule has 3 aromatic rings. The van der Waals surface area contributed by atoms with Crippen molar-refractivity contribution in [1.82, 2.24) is 0 Å². The molecule has 1 amide bonds. The van der Waals surface area contributed by atoms with E-state index >= 15 is 0 Å². The molecule has 1 saturated heterocycles. The van der Waals surface area contributed by atoms with Crippen LogP contribution in [0.25, 0.3) is 11.0 Å². The molecule has 2 aromatic carbocycles. The lowest BCUT2D eigenvalue weighted by atomic mass is 10.1. The van der Waals surface area contributed by atoms with Crippen molar-refractivity contribution in [2.24, 2.45) is 5.73 Å². The third-order valence-electron chi connectivity index (χ3n) is 4.91. The summed E-state index contributed by atoms with van der Waals surface area (Å²) in [5.41, 5.74) is 6.63. The van der Waals surface area contributed by atoms with E-state index in [4.69, 9.17) is 14.9 Å². The molecular formula is C21H19F3N2O4. The highest BCUT2D eigenvalue weighted by Crippen LogP contribution is 2.29. The molecule has 1 aliphatic rings. The largest absolute Gasteiger partial charge is 0.573 e. The Labute approximate surface area is 169 Å². The zero-order chi connectivity index (χ0) is 21.3. The van der Waals surface area contributed by atoms with Crippen molar-refractivity contribution < 1.29 is 31.9 Å². The number of anilines is 1. The molecule has 2 heterocycles. The molecule has 0 saturated carbocycles. The number of rotatable bonds is 5. The molecule has 0 spiro atoms. The maximum absolute atomic E-state index is 12.3. The number of benzene rings is 2. The van der Waals surface area contributed by atoms with E-state index in [1.807, 2.05) is 0 Å². The molecule has 9 heteroatoms. The van der Waals surface area contributed by atoms with E-state index < -0.39 is 12.3 Å². The van der Waals surface area contributed by atoms with Gasteiger partial charge in [-0.15, -0.1) is 13.2 Å². The molecule has 1 aromatic heterocycles. The number of ether oxygens (including phenoxy) is 2. The van der Waals surface area contributed by atoms with Crippen LogP contribution in [0.3, 0.4) is 0 Å². The van der Waals surface area contributed by atoms with E-state index in [0.29, 0.717) is 24.4 Å². The van der Waals surface area contributed by atoms with Crippen molar-refractivity contribution in [2.75, 3.05) is 18.0 Å². The van der Waals surface area contributed by atoms with Crippen molar-refractivity contribution in [3.8, 4) is 11.5 Å². The number of hydrogen-bond acceptors (Lipinski definition) is 5. The highest BCUT2D eigenvalue weighted by atomic mass is 19.4. The lowest BCUT2D eigenvalue weighted by Crippen LogP contribution is -2.38. The van der Waals surface area contributed by atoms with Gasteiger partial charge in [0.25, 0.3) is 5.91 Å². The minimum absolute atomic E-state index is 0.00838. The van der Waals surface area contributed by atoms with Crippen LogP contribution >= 0.6 is 0 Å². The second-order valence-electron chi connectivity index (χ2n) is 7.02. The Hall–Kier alpha value is -3.36. The van der Waals surface area contributed by atoms with E-state index in [1.165, 1.54) is 12.1 Å². The number of carbonyl (C=O) groups is 1. The molecule has 0 atom stereocenters. The Morgan fingerprint density at radius 1 is 1.03 bits per heavy atom. The minimum atomic E-state index is -4.70. The van der Waals surface area contributed by atoms with Crippen molar-refractivity contribution in [3.63, 3.8) is 0 Å². The van der Waals surface area contributed by atoms with Gasteiger partial charge in [0.15, 0.2) is 5.76 Å². The Morgan fingerprint density at radius 2 is 1.70 bits per heavy atom. The number of furan rings is 1. The normalized spacial score (nSPS) is 15.4. The van der Waals surface area contributed by atoms with E-state index in [0.717, 1.165) is 23.9 Å². The first-order valence-electron chi connectivity index (χ1n) is 9.38. The first-order chi connectivity index (χ1) is 14.3. The van der Waals surface area contributed by atoms with Gasteiger partial charge in [-0.05, 0) is 48.5 Å². The fourth-order valence-electron chi connectivity index (χ4n) is 3.50. The Balaban J connectivity index is 1.34. The predicted octanol–water partition coefficient (Wildman–Crippen LogP) is 4.48. The van der Waals surface area contributed by atoms with Gasteiger partial charge >= 0.3 is 6.36 Å². The molecule has 4 rings (SSSR count). The van der Waals surface area contributed by atoms with Crippen LogP contribution in [0.15, 0.2) is 52.9 Å². The fourth-order valence-corrected chi connectivity index (χ4v) is 3.50. The van der Waals surface area contributed by atoms with Gasteiger partial charge in [-0.3, -0.25) is 4.79 Å². The second-order valence-corrected chi connectivity index (χ2v) is 7.02. The van der Waals surface area contributed by atoms with Crippen molar-refractivity contribution in [3.05, 3.63) is 54.3 Å². The molecule has 0 bridgehead atoms. The van der Waals surface area contributed by atoms with E-state index in [-0.39, 0.29) is 17.6 Å². The number of carbonyl (C=O) groups excluding carboxylic acids is 1. The van der Waals surface area contributed by atoms with Crippen molar-refractivity contribution >= 4 is 22.6 Å². The highest BCUT2D eigenvalue weighted by molar-refractivity contribution is 5.95. The summed E-state index contributed by atoms with van der Waals surface area (Å²) in [5.74, 6) is -0.0915. The summed E-state index contributed by atoms with van der Waals surface area (Å²) < 4.78 is 52.1. The number of alkyl halides is 3. The summed E-state index contributed by atoms with van der Waals surface area (Å²) in [6.07, 6.45) is -3.17. The zero-order valence-corrected chi connectivity index (χ0v) is 15.8. The Morgan fingerprint density at radius 3 is 2.33 bits per heavy atom. The Bertz CT molecular complexity index is 1040. The van der Waals surface area contributed by atoms with Crippen LogP contribution in [0, 0.1) is 0 Å². The average molecular weight is 420 g/mol. The summed E-state index contributed by atoms with van der Waals surface area (Å²) in [7, 11) is 0. The molecule has 6 nitrogen and oxygen atoms in total. The number of primary amides is 1. The van der Waals surface area contributed by atoms with Crippen LogP contribution in [-0.4, -0.2) is 31.5 Å². The number of amides is 1. The number of hydrogen-bond donors (Lipinski definition) is 1.